The standard InChI is InChI=1S/C19H27I2N3/c1-3-7-14-9-5-6-10-19(11-14,13-20)17-15(8-4-2)16(12-22)23-24-18(17)21/h14H,3-11,13H2,1-2H3. The molecule has 1 aromatic rings. The average Bonchev–Trinajstić information content (AvgIpc) is 2.79. The summed E-state index contributed by atoms with van der Waals surface area (Å²) >= 11 is 4.92. The molecule has 5 heteroatoms. The van der Waals surface area contributed by atoms with Gasteiger partial charge < -0.3 is 0 Å². The van der Waals surface area contributed by atoms with Crippen LogP contribution in [0.2, 0.25) is 0 Å². The smallest absolute Gasteiger partial charge is 0.166 e. The summed E-state index contributed by atoms with van der Waals surface area (Å²) in [4.78, 5) is 0. The van der Waals surface area contributed by atoms with Crippen LogP contribution in [0.15, 0.2) is 0 Å². The summed E-state index contributed by atoms with van der Waals surface area (Å²) < 4.78 is 2.12. The molecule has 1 aromatic heterocycles. The number of nitriles is 1. The Morgan fingerprint density at radius 3 is 2.67 bits per heavy atom. The Morgan fingerprint density at radius 1 is 1.25 bits per heavy atom. The Hall–Kier alpha value is 0.0300. The van der Waals surface area contributed by atoms with E-state index in [2.05, 4.69) is 75.3 Å². The first-order valence-electron chi connectivity index (χ1n) is 9.13. The lowest BCUT2D eigenvalue weighted by Crippen LogP contribution is -2.33. The van der Waals surface area contributed by atoms with Crippen molar-refractivity contribution >= 4 is 45.2 Å². The van der Waals surface area contributed by atoms with Gasteiger partial charge in [0.25, 0.3) is 0 Å². The van der Waals surface area contributed by atoms with E-state index in [0.717, 1.165) is 26.9 Å². The van der Waals surface area contributed by atoms with Gasteiger partial charge in [-0.25, -0.2) is 0 Å². The second-order valence-corrected chi connectivity index (χ2v) is 8.86. The minimum Gasteiger partial charge on any atom is -0.191 e. The van der Waals surface area contributed by atoms with Gasteiger partial charge in [-0.05, 0) is 58.9 Å². The molecule has 0 amide bonds. The Labute approximate surface area is 173 Å². The van der Waals surface area contributed by atoms with Crippen LogP contribution in [0.5, 0.6) is 0 Å². The number of hydrogen-bond donors (Lipinski definition) is 0. The molecule has 24 heavy (non-hydrogen) atoms. The van der Waals surface area contributed by atoms with Gasteiger partial charge in [0.1, 0.15) is 9.77 Å². The van der Waals surface area contributed by atoms with Crippen molar-refractivity contribution in [3.63, 3.8) is 0 Å². The number of aromatic nitrogens is 2. The highest BCUT2D eigenvalue weighted by molar-refractivity contribution is 14.1. The Kier molecular flexibility index (Phi) is 8.18. The number of hydrogen-bond acceptors (Lipinski definition) is 3. The third-order valence-electron chi connectivity index (χ3n) is 5.32. The molecule has 1 aliphatic carbocycles. The number of halogens is 2. The highest BCUT2D eigenvalue weighted by Crippen LogP contribution is 2.46. The zero-order chi connectivity index (χ0) is 17.6. The third-order valence-corrected chi connectivity index (χ3v) is 7.53. The van der Waals surface area contributed by atoms with Gasteiger partial charge in [0.15, 0.2) is 5.69 Å². The average molecular weight is 551 g/mol. The van der Waals surface area contributed by atoms with E-state index in [9.17, 15) is 5.26 Å². The van der Waals surface area contributed by atoms with Gasteiger partial charge in [-0.3, -0.25) is 0 Å². The van der Waals surface area contributed by atoms with Crippen molar-refractivity contribution in [1.82, 2.24) is 10.2 Å². The number of rotatable bonds is 6. The van der Waals surface area contributed by atoms with Crippen LogP contribution < -0.4 is 0 Å². The van der Waals surface area contributed by atoms with Crippen LogP contribution in [-0.4, -0.2) is 14.6 Å². The maximum atomic E-state index is 9.55. The summed E-state index contributed by atoms with van der Waals surface area (Å²) in [6.45, 7) is 4.48. The highest BCUT2D eigenvalue weighted by Gasteiger charge is 2.39. The van der Waals surface area contributed by atoms with Crippen LogP contribution in [0, 0.1) is 20.9 Å². The van der Waals surface area contributed by atoms with E-state index in [0.29, 0.717) is 5.69 Å². The lowest BCUT2D eigenvalue weighted by molar-refractivity contribution is 0.328. The molecule has 1 heterocycles. The molecule has 0 bridgehead atoms. The van der Waals surface area contributed by atoms with Crippen molar-refractivity contribution < 1.29 is 0 Å². The molecule has 0 saturated heterocycles. The fourth-order valence-corrected chi connectivity index (χ4v) is 6.37. The predicted molar refractivity (Wildman–Crippen MR) is 116 cm³/mol. The lowest BCUT2D eigenvalue weighted by Gasteiger charge is -2.36. The van der Waals surface area contributed by atoms with E-state index in [4.69, 9.17) is 0 Å². The molecule has 2 atom stereocenters. The van der Waals surface area contributed by atoms with Crippen molar-refractivity contribution in [1.29, 1.82) is 5.26 Å². The number of alkyl halides is 1. The second-order valence-electron chi connectivity index (χ2n) is 7.07. The fourth-order valence-electron chi connectivity index (χ4n) is 4.29. The van der Waals surface area contributed by atoms with Crippen LogP contribution in [0.3, 0.4) is 0 Å². The summed E-state index contributed by atoms with van der Waals surface area (Å²) in [5.74, 6) is 0.802. The summed E-state index contributed by atoms with van der Waals surface area (Å²) in [7, 11) is 0. The van der Waals surface area contributed by atoms with Crippen LogP contribution in [0.4, 0.5) is 0 Å². The molecular formula is C19H27I2N3. The molecule has 132 valence electrons. The highest BCUT2D eigenvalue weighted by atomic mass is 127. The van der Waals surface area contributed by atoms with Crippen LogP contribution >= 0.6 is 45.2 Å². The molecule has 0 aliphatic heterocycles. The number of nitrogens with zero attached hydrogens (tertiary/aromatic N) is 3. The molecule has 1 fully saturated rings. The SMILES string of the molecule is CCCc1c(C#N)nnc(I)c1C1(CI)CCCCC(CCC)C1. The minimum atomic E-state index is 0.166. The normalized spacial score (nSPS) is 24.4. The second kappa shape index (κ2) is 9.65. The van der Waals surface area contributed by atoms with E-state index < -0.39 is 0 Å². The Balaban J connectivity index is 2.57. The zero-order valence-corrected chi connectivity index (χ0v) is 19.1. The largest absolute Gasteiger partial charge is 0.191 e. The van der Waals surface area contributed by atoms with Gasteiger partial charge in [0, 0.05) is 9.84 Å². The summed E-state index contributed by atoms with van der Waals surface area (Å²) in [5, 5.41) is 18.1. The first-order chi connectivity index (χ1) is 11.6. The summed E-state index contributed by atoms with van der Waals surface area (Å²) in [6, 6.07) is 2.30. The minimum absolute atomic E-state index is 0.166. The Morgan fingerprint density at radius 2 is 2.04 bits per heavy atom. The molecule has 0 aromatic carbocycles. The summed E-state index contributed by atoms with van der Waals surface area (Å²) in [5.41, 5.74) is 3.24. The van der Waals surface area contributed by atoms with Crippen molar-refractivity contribution in [2.45, 2.75) is 77.0 Å². The molecule has 1 aliphatic rings. The van der Waals surface area contributed by atoms with E-state index in [-0.39, 0.29) is 5.41 Å². The van der Waals surface area contributed by atoms with E-state index in [1.54, 1.807) is 0 Å². The Bertz CT molecular complexity index is 597. The maximum absolute atomic E-state index is 9.55. The zero-order valence-electron chi connectivity index (χ0n) is 14.7. The molecule has 1 saturated carbocycles. The molecular weight excluding hydrogens is 524 g/mol. The first-order valence-corrected chi connectivity index (χ1v) is 11.7. The van der Waals surface area contributed by atoms with Gasteiger partial charge >= 0.3 is 0 Å². The molecule has 0 N–H and O–H groups in total. The van der Waals surface area contributed by atoms with Crippen molar-refractivity contribution in [2.24, 2.45) is 5.92 Å². The van der Waals surface area contributed by atoms with E-state index in [1.165, 1.54) is 56.1 Å². The van der Waals surface area contributed by atoms with Crippen molar-refractivity contribution in [2.75, 3.05) is 4.43 Å². The van der Waals surface area contributed by atoms with Crippen LogP contribution in [0.25, 0.3) is 0 Å². The molecule has 2 rings (SSSR count). The van der Waals surface area contributed by atoms with Crippen molar-refractivity contribution in [3.8, 4) is 6.07 Å². The first kappa shape index (κ1) is 20.3. The van der Waals surface area contributed by atoms with Gasteiger partial charge in [0.2, 0.25) is 0 Å². The van der Waals surface area contributed by atoms with Gasteiger partial charge in [-0.2, -0.15) is 5.26 Å². The maximum Gasteiger partial charge on any atom is 0.166 e. The van der Waals surface area contributed by atoms with Crippen LogP contribution in [0.1, 0.15) is 82.0 Å². The molecule has 2 unspecified atom stereocenters. The molecule has 3 nitrogen and oxygen atoms in total. The van der Waals surface area contributed by atoms with E-state index in [1.807, 2.05) is 0 Å². The van der Waals surface area contributed by atoms with Gasteiger partial charge in [-0.15, -0.1) is 10.2 Å². The fraction of sp³-hybridized carbons (Fsp3) is 0.737. The van der Waals surface area contributed by atoms with Gasteiger partial charge in [-0.1, -0.05) is 75.0 Å². The summed E-state index contributed by atoms with van der Waals surface area (Å²) in [6.07, 6.45) is 11.0. The quantitative estimate of drug-likeness (QED) is 0.249. The predicted octanol–water partition coefficient (Wildman–Crippen LogP) is 5.96. The lowest BCUT2D eigenvalue weighted by atomic mass is 9.71. The van der Waals surface area contributed by atoms with E-state index >= 15 is 0 Å². The van der Waals surface area contributed by atoms with Crippen molar-refractivity contribution in [3.05, 3.63) is 20.5 Å². The molecule has 0 radical (unpaired) electrons. The van der Waals surface area contributed by atoms with Crippen LogP contribution in [-0.2, 0) is 11.8 Å². The van der Waals surface area contributed by atoms with Gasteiger partial charge in [0.05, 0.1) is 0 Å². The third kappa shape index (κ3) is 4.40. The topological polar surface area (TPSA) is 49.6 Å². The monoisotopic (exact) mass is 551 g/mol. The molecule has 0 spiro atoms.